The zero-order valence-corrected chi connectivity index (χ0v) is 17.8. The lowest BCUT2D eigenvalue weighted by molar-refractivity contribution is -0.137. The quantitative estimate of drug-likeness (QED) is 0.546. The molecule has 0 spiro atoms. The zero-order chi connectivity index (χ0) is 22.7. The van der Waals surface area contributed by atoms with Crippen LogP contribution in [-0.2, 0) is 12.6 Å². The molecule has 0 saturated carbocycles. The van der Waals surface area contributed by atoms with E-state index in [2.05, 4.69) is 4.98 Å². The first kappa shape index (κ1) is 22.0. The molecule has 0 radical (unpaired) electrons. The second kappa shape index (κ2) is 9.10. The largest absolute Gasteiger partial charge is 0.416 e. The van der Waals surface area contributed by atoms with Crippen LogP contribution in [0, 0.1) is 6.92 Å². The summed E-state index contributed by atoms with van der Waals surface area (Å²) in [4.78, 5) is 23.4. The van der Waals surface area contributed by atoms with Crippen molar-refractivity contribution in [1.82, 2.24) is 14.9 Å². The number of carbonyl (C=O) groups excluding carboxylic acids is 1. The number of alkyl halides is 3. The Hall–Kier alpha value is -3.22. The number of likely N-dealkylation sites (tertiary alicyclic amines) is 1. The Morgan fingerprint density at radius 1 is 1.12 bits per heavy atom. The molecule has 1 aliphatic rings. The third-order valence-corrected chi connectivity index (χ3v) is 5.73. The first-order valence-electron chi connectivity index (χ1n) is 10.6. The van der Waals surface area contributed by atoms with Crippen molar-refractivity contribution in [3.8, 4) is 0 Å². The lowest BCUT2D eigenvalue weighted by Gasteiger charge is -2.32. The molecule has 4 nitrogen and oxygen atoms in total. The van der Waals surface area contributed by atoms with Crippen molar-refractivity contribution in [1.29, 1.82) is 0 Å². The van der Waals surface area contributed by atoms with Gasteiger partial charge in [0.1, 0.15) is 0 Å². The molecule has 3 heterocycles. The van der Waals surface area contributed by atoms with Crippen molar-refractivity contribution >= 4 is 5.91 Å². The van der Waals surface area contributed by atoms with Crippen LogP contribution in [-0.4, -0.2) is 33.9 Å². The molecule has 32 heavy (non-hydrogen) atoms. The van der Waals surface area contributed by atoms with Crippen LogP contribution in [0.3, 0.4) is 0 Å². The summed E-state index contributed by atoms with van der Waals surface area (Å²) in [7, 11) is 0. The van der Waals surface area contributed by atoms with Gasteiger partial charge in [-0.25, -0.2) is 0 Å². The van der Waals surface area contributed by atoms with Gasteiger partial charge in [0.15, 0.2) is 0 Å². The predicted octanol–water partition coefficient (Wildman–Crippen LogP) is 5.41. The van der Waals surface area contributed by atoms with E-state index in [1.807, 2.05) is 24.0 Å². The van der Waals surface area contributed by atoms with Gasteiger partial charge in [-0.1, -0.05) is 18.2 Å². The molecule has 0 aliphatic carbocycles. The fourth-order valence-corrected chi connectivity index (χ4v) is 4.25. The smallest absolute Gasteiger partial charge is 0.338 e. The molecule has 1 saturated heterocycles. The maximum absolute atomic E-state index is 13.1. The minimum absolute atomic E-state index is 0.0420. The maximum atomic E-state index is 13.1. The monoisotopic (exact) mass is 439 g/mol. The fourth-order valence-electron chi connectivity index (χ4n) is 4.25. The van der Waals surface area contributed by atoms with Crippen molar-refractivity contribution in [2.45, 2.75) is 38.3 Å². The van der Waals surface area contributed by atoms with E-state index < -0.39 is 11.7 Å². The summed E-state index contributed by atoms with van der Waals surface area (Å²) in [5.41, 5.74) is 3.15. The van der Waals surface area contributed by atoms with Crippen LogP contribution >= 0.6 is 0 Å². The van der Waals surface area contributed by atoms with Gasteiger partial charge in [0.2, 0.25) is 0 Å². The van der Waals surface area contributed by atoms with Gasteiger partial charge < -0.3 is 4.90 Å². The van der Waals surface area contributed by atoms with E-state index in [0.717, 1.165) is 35.9 Å². The van der Waals surface area contributed by atoms with Crippen molar-refractivity contribution in [2.75, 3.05) is 13.1 Å². The Balaban J connectivity index is 1.53. The fraction of sp³-hybridized carbons (Fsp3) is 0.320. The predicted molar refractivity (Wildman–Crippen MR) is 115 cm³/mol. The summed E-state index contributed by atoms with van der Waals surface area (Å²) >= 11 is 0. The Labute approximate surface area is 185 Å². The molecule has 4 rings (SSSR count). The summed E-state index contributed by atoms with van der Waals surface area (Å²) in [5, 5.41) is 0. The molecule has 0 N–H and O–H groups in total. The standard InChI is InChI=1S/C25H24F3N3O/c1-17-11-19(12-18-5-2-8-22(13-18)25(26,27)28)14-23(30-17)21-7-4-10-31(16-21)24(32)20-6-3-9-29-15-20/h2-3,5-6,8-9,11,13-15,21H,4,7,10,12,16H2,1H3/t21-/m0/s1. The molecule has 0 unspecified atom stereocenters. The average Bonchev–Trinajstić information content (AvgIpc) is 2.78. The number of rotatable bonds is 4. The van der Waals surface area contributed by atoms with Gasteiger partial charge in [0.25, 0.3) is 5.91 Å². The number of benzene rings is 1. The van der Waals surface area contributed by atoms with E-state index >= 15 is 0 Å². The van der Waals surface area contributed by atoms with E-state index in [4.69, 9.17) is 4.98 Å². The zero-order valence-electron chi connectivity index (χ0n) is 17.8. The number of halogens is 3. The summed E-state index contributed by atoms with van der Waals surface area (Å²) < 4.78 is 39.2. The summed E-state index contributed by atoms with van der Waals surface area (Å²) in [6, 6.07) is 12.8. The number of nitrogens with zero attached hydrogens (tertiary/aromatic N) is 3. The number of piperidine rings is 1. The normalized spacial score (nSPS) is 16.8. The molecule has 0 bridgehead atoms. The van der Waals surface area contributed by atoms with Crippen molar-refractivity contribution < 1.29 is 18.0 Å². The maximum Gasteiger partial charge on any atom is 0.416 e. The lowest BCUT2D eigenvalue weighted by atomic mass is 9.92. The van der Waals surface area contributed by atoms with Crippen LogP contribution in [0.4, 0.5) is 13.2 Å². The van der Waals surface area contributed by atoms with Gasteiger partial charge in [0, 0.05) is 42.8 Å². The van der Waals surface area contributed by atoms with Crippen molar-refractivity contribution in [3.63, 3.8) is 0 Å². The van der Waals surface area contributed by atoms with Crippen LogP contribution in [0.25, 0.3) is 0 Å². The molecule has 1 fully saturated rings. The number of hydrogen-bond acceptors (Lipinski definition) is 3. The van der Waals surface area contributed by atoms with E-state index in [1.54, 1.807) is 30.6 Å². The topological polar surface area (TPSA) is 46.1 Å². The van der Waals surface area contributed by atoms with Crippen molar-refractivity contribution in [3.05, 3.63) is 94.6 Å². The van der Waals surface area contributed by atoms with Crippen LogP contribution in [0.2, 0.25) is 0 Å². The van der Waals surface area contributed by atoms with Crippen molar-refractivity contribution in [2.24, 2.45) is 0 Å². The Bertz CT molecular complexity index is 1100. The van der Waals surface area contributed by atoms with Crippen LogP contribution < -0.4 is 0 Å². The molecule has 3 aromatic rings. The highest BCUT2D eigenvalue weighted by Gasteiger charge is 2.30. The summed E-state index contributed by atoms with van der Waals surface area (Å²) in [5.74, 6) is 0.0455. The molecular weight excluding hydrogens is 415 g/mol. The number of aromatic nitrogens is 2. The SMILES string of the molecule is Cc1cc(Cc2cccc(C(F)(F)F)c2)cc([C@H]2CCCN(C(=O)c3cccnc3)C2)n1. The Morgan fingerprint density at radius 2 is 1.97 bits per heavy atom. The van der Waals surface area contributed by atoms with Gasteiger partial charge in [-0.2, -0.15) is 13.2 Å². The molecule has 7 heteroatoms. The number of amides is 1. The molecule has 1 atom stereocenters. The minimum Gasteiger partial charge on any atom is -0.338 e. The molecule has 1 aromatic carbocycles. The third kappa shape index (κ3) is 5.15. The number of aryl methyl sites for hydroxylation is 1. The molecule has 166 valence electrons. The number of hydrogen-bond donors (Lipinski definition) is 0. The minimum atomic E-state index is -4.36. The highest BCUT2D eigenvalue weighted by Crippen LogP contribution is 2.31. The van der Waals surface area contributed by atoms with Gasteiger partial charge in [0.05, 0.1) is 11.1 Å². The van der Waals surface area contributed by atoms with Gasteiger partial charge in [-0.3, -0.25) is 14.8 Å². The Morgan fingerprint density at radius 3 is 2.72 bits per heavy atom. The number of pyridine rings is 2. The Kier molecular flexibility index (Phi) is 6.26. The van der Waals surface area contributed by atoms with E-state index in [9.17, 15) is 18.0 Å². The highest BCUT2D eigenvalue weighted by molar-refractivity contribution is 5.94. The van der Waals surface area contributed by atoms with Gasteiger partial charge in [-0.15, -0.1) is 0 Å². The van der Waals surface area contributed by atoms with Crippen LogP contribution in [0.1, 0.15) is 57.2 Å². The van der Waals surface area contributed by atoms with Crippen LogP contribution in [0.15, 0.2) is 60.9 Å². The van der Waals surface area contributed by atoms with E-state index in [0.29, 0.717) is 30.6 Å². The highest BCUT2D eigenvalue weighted by atomic mass is 19.4. The van der Waals surface area contributed by atoms with Gasteiger partial charge >= 0.3 is 6.18 Å². The average molecular weight is 439 g/mol. The summed E-state index contributed by atoms with van der Waals surface area (Å²) in [6.07, 6.45) is 1.03. The first-order valence-corrected chi connectivity index (χ1v) is 10.6. The number of carbonyl (C=O) groups is 1. The third-order valence-electron chi connectivity index (χ3n) is 5.73. The lowest BCUT2D eigenvalue weighted by Crippen LogP contribution is -2.39. The van der Waals surface area contributed by atoms with E-state index in [1.165, 1.54) is 12.1 Å². The molecule has 1 aliphatic heterocycles. The summed E-state index contributed by atoms with van der Waals surface area (Å²) in [6.45, 7) is 3.14. The molecule has 2 aromatic heterocycles. The van der Waals surface area contributed by atoms with Crippen LogP contribution in [0.5, 0.6) is 0 Å². The van der Waals surface area contributed by atoms with Gasteiger partial charge in [-0.05, 0) is 67.6 Å². The molecular formula is C25H24F3N3O. The molecule has 1 amide bonds. The second-order valence-corrected chi connectivity index (χ2v) is 8.25. The second-order valence-electron chi connectivity index (χ2n) is 8.25. The first-order chi connectivity index (χ1) is 15.3. The van der Waals surface area contributed by atoms with E-state index in [-0.39, 0.29) is 11.8 Å².